The van der Waals surface area contributed by atoms with Crippen LogP contribution in [0.5, 0.6) is 0 Å². The second kappa shape index (κ2) is 7.36. The maximum atomic E-state index is 11.9. The van der Waals surface area contributed by atoms with E-state index >= 15 is 0 Å². The molecule has 0 saturated carbocycles. The van der Waals surface area contributed by atoms with E-state index in [0.29, 0.717) is 23.7 Å². The van der Waals surface area contributed by atoms with Crippen LogP contribution in [0.1, 0.15) is 10.4 Å². The SMILES string of the molecule is COCC(Br)CNC(=O)c1cc(Cl)ccc1Br. The lowest BCUT2D eigenvalue weighted by atomic mass is 10.2. The van der Waals surface area contributed by atoms with Gasteiger partial charge >= 0.3 is 0 Å². The Kier molecular flexibility index (Phi) is 6.48. The Morgan fingerprint density at radius 3 is 2.94 bits per heavy atom. The zero-order chi connectivity index (χ0) is 12.8. The fourth-order valence-corrected chi connectivity index (χ4v) is 2.23. The van der Waals surface area contributed by atoms with E-state index in [1.54, 1.807) is 25.3 Å². The average Bonchev–Trinajstić information content (AvgIpc) is 2.29. The fraction of sp³-hybridized carbons (Fsp3) is 0.364. The highest BCUT2D eigenvalue weighted by Gasteiger charge is 2.12. The monoisotopic (exact) mass is 383 g/mol. The summed E-state index contributed by atoms with van der Waals surface area (Å²) < 4.78 is 5.68. The minimum Gasteiger partial charge on any atom is -0.383 e. The molecule has 94 valence electrons. The molecule has 1 N–H and O–H groups in total. The largest absolute Gasteiger partial charge is 0.383 e. The Labute approximate surface area is 122 Å². The zero-order valence-corrected chi connectivity index (χ0v) is 13.1. The molecule has 6 heteroatoms. The quantitative estimate of drug-likeness (QED) is 0.791. The van der Waals surface area contributed by atoms with Crippen molar-refractivity contribution in [2.75, 3.05) is 20.3 Å². The molecule has 0 spiro atoms. The van der Waals surface area contributed by atoms with Gasteiger partial charge in [0.25, 0.3) is 5.91 Å². The summed E-state index contributed by atoms with van der Waals surface area (Å²) in [6, 6.07) is 5.10. The normalized spacial score (nSPS) is 12.2. The topological polar surface area (TPSA) is 38.3 Å². The number of methoxy groups -OCH3 is 1. The highest BCUT2D eigenvalue weighted by Crippen LogP contribution is 2.21. The third-order valence-electron chi connectivity index (χ3n) is 2.00. The number of nitrogens with one attached hydrogen (secondary N) is 1. The summed E-state index contributed by atoms with van der Waals surface area (Å²) >= 11 is 12.6. The number of ether oxygens (including phenoxy) is 1. The van der Waals surface area contributed by atoms with Crippen molar-refractivity contribution in [2.24, 2.45) is 0 Å². The molecule has 1 atom stereocenters. The van der Waals surface area contributed by atoms with Crippen LogP contribution < -0.4 is 5.32 Å². The summed E-state index contributed by atoms with van der Waals surface area (Å²) in [7, 11) is 1.61. The highest BCUT2D eigenvalue weighted by molar-refractivity contribution is 9.10. The molecule has 3 nitrogen and oxygen atoms in total. The number of hydrogen-bond acceptors (Lipinski definition) is 2. The van der Waals surface area contributed by atoms with Crippen molar-refractivity contribution in [3.63, 3.8) is 0 Å². The molecule has 1 amide bonds. The maximum Gasteiger partial charge on any atom is 0.252 e. The first-order valence-corrected chi connectivity index (χ1v) is 6.99. The van der Waals surface area contributed by atoms with Crippen molar-refractivity contribution in [2.45, 2.75) is 4.83 Å². The number of alkyl halides is 1. The lowest BCUT2D eigenvalue weighted by molar-refractivity contribution is 0.0949. The number of rotatable bonds is 5. The Balaban J connectivity index is 2.61. The lowest BCUT2D eigenvalue weighted by Gasteiger charge is -2.11. The average molecular weight is 385 g/mol. The van der Waals surface area contributed by atoms with E-state index in [-0.39, 0.29) is 10.7 Å². The number of carbonyl (C=O) groups is 1. The van der Waals surface area contributed by atoms with Gasteiger partial charge in [-0.05, 0) is 34.1 Å². The maximum absolute atomic E-state index is 11.9. The van der Waals surface area contributed by atoms with Crippen LogP contribution in [-0.2, 0) is 4.74 Å². The molecule has 0 fully saturated rings. The van der Waals surface area contributed by atoms with Crippen LogP contribution in [0.3, 0.4) is 0 Å². The molecule has 1 aromatic rings. The molecule has 0 aromatic heterocycles. The van der Waals surface area contributed by atoms with Gasteiger partial charge in [0.15, 0.2) is 0 Å². The van der Waals surface area contributed by atoms with Crippen LogP contribution in [0.4, 0.5) is 0 Å². The molecule has 0 aliphatic carbocycles. The fourth-order valence-electron chi connectivity index (χ4n) is 1.21. The van der Waals surface area contributed by atoms with E-state index in [9.17, 15) is 4.79 Å². The van der Waals surface area contributed by atoms with Gasteiger partial charge in [-0.3, -0.25) is 4.79 Å². The summed E-state index contributed by atoms with van der Waals surface area (Å²) in [5, 5.41) is 3.33. The summed E-state index contributed by atoms with van der Waals surface area (Å²) in [5.41, 5.74) is 0.523. The molecule has 0 aliphatic rings. The van der Waals surface area contributed by atoms with Crippen LogP contribution in [0.2, 0.25) is 5.02 Å². The van der Waals surface area contributed by atoms with E-state index in [4.69, 9.17) is 16.3 Å². The number of carbonyl (C=O) groups excluding carboxylic acids is 1. The minimum absolute atomic E-state index is 0.0920. The molecular formula is C11H12Br2ClNO2. The summed E-state index contributed by atoms with van der Waals surface area (Å²) in [6.45, 7) is 1.03. The Hall–Kier alpha value is -0.100. The van der Waals surface area contributed by atoms with E-state index in [1.165, 1.54) is 0 Å². The molecule has 0 saturated heterocycles. The van der Waals surface area contributed by atoms with Crippen molar-refractivity contribution in [3.05, 3.63) is 33.3 Å². The predicted molar refractivity (Wildman–Crippen MR) is 76.1 cm³/mol. The third kappa shape index (κ3) is 4.95. The van der Waals surface area contributed by atoms with E-state index in [0.717, 1.165) is 4.47 Å². The summed E-state index contributed by atoms with van der Waals surface area (Å²) in [6.07, 6.45) is 0. The highest BCUT2D eigenvalue weighted by atomic mass is 79.9. The molecule has 0 aliphatic heterocycles. The van der Waals surface area contributed by atoms with Gasteiger partial charge in [-0.15, -0.1) is 0 Å². The van der Waals surface area contributed by atoms with Crippen molar-refractivity contribution >= 4 is 49.4 Å². The Morgan fingerprint density at radius 2 is 2.29 bits per heavy atom. The molecule has 0 bridgehead atoms. The van der Waals surface area contributed by atoms with Crippen LogP contribution in [0.25, 0.3) is 0 Å². The van der Waals surface area contributed by atoms with Crippen molar-refractivity contribution in [1.82, 2.24) is 5.32 Å². The van der Waals surface area contributed by atoms with Gasteiger partial charge < -0.3 is 10.1 Å². The van der Waals surface area contributed by atoms with Crippen LogP contribution >= 0.6 is 43.5 Å². The number of amides is 1. The molecular weight excluding hydrogens is 373 g/mol. The molecule has 0 radical (unpaired) electrons. The molecule has 1 aromatic carbocycles. The van der Waals surface area contributed by atoms with Crippen molar-refractivity contribution < 1.29 is 9.53 Å². The standard InChI is InChI=1S/C11H12Br2ClNO2/c1-17-6-7(12)5-15-11(16)9-4-8(14)2-3-10(9)13/h2-4,7H,5-6H2,1H3,(H,15,16). The number of halogens is 3. The van der Waals surface area contributed by atoms with Gasteiger partial charge in [-0.2, -0.15) is 0 Å². The van der Waals surface area contributed by atoms with Crippen molar-refractivity contribution in [3.8, 4) is 0 Å². The first-order valence-electron chi connectivity index (χ1n) is 4.91. The van der Waals surface area contributed by atoms with Crippen molar-refractivity contribution in [1.29, 1.82) is 0 Å². The van der Waals surface area contributed by atoms with Gasteiger partial charge in [0.05, 0.1) is 17.0 Å². The van der Waals surface area contributed by atoms with Gasteiger partial charge in [0.2, 0.25) is 0 Å². The van der Waals surface area contributed by atoms with Crippen LogP contribution in [-0.4, -0.2) is 31.0 Å². The second-order valence-electron chi connectivity index (χ2n) is 3.39. The van der Waals surface area contributed by atoms with Gasteiger partial charge in [0, 0.05) is 23.1 Å². The molecule has 17 heavy (non-hydrogen) atoms. The summed E-state index contributed by atoms with van der Waals surface area (Å²) in [5.74, 6) is -0.167. The third-order valence-corrected chi connectivity index (χ3v) is 3.52. The zero-order valence-electron chi connectivity index (χ0n) is 9.17. The van der Waals surface area contributed by atoms with Gasteiger partial charge in [0.1, 0.15) is 0 Å². The van der Waals surface area contributed by atoms with Crippen LogP contribution in [0.15, 0.2) is 22.7 Å². The number of hydrogen-bond donors (Lipinski definition) is 1. The first-order chi connectivity index (χ1) is 8.04. The minimum atomic E-state index is -0.167. The Bertz CT molecular complexity index is 401. The van der Waals surface area contributed by atoms with E-state index in [2.05, 4.69) is 37.2 Å². The van der Waals surface area contributed by atoms with E-state index in [1.807, 2.05) is 0 Å². The van der Waals surface area contributed by atoms with Gasteiger partial charge in [-0.25, -0.2) is 0 Å². The number of benzene rings is 1. The Morgan fingerprint density at radius 1 is 1.59 bits per heavy atom. The predicted octanol–water partition coefficient (Wildman–Crippen LogP) is 3.24. The van der Waals surface area contributed by atoms with Crippen LogP contribution in [0, 0.1) is 0 Å². The summed E-state index contributed by atoms with van der Waals surface area (Å²) in [4.78, 5) is 12.0. The molecule has 0 heterocycles. The first kappa shape index (κ1) is 15.0. The molecule has 1 rings (SSSR count). The smallest absolute Gasteiger partial charge is 0.252 e. The lowest BCUT2D eigenvalue weighted by Crippen LogP contribution is -2.31. The second-order valence-corrected chi connectivity index (χ2v) is 5.97. The van der Waals surface area contributed by atoms with Gasteiger partial charge in [-0.1, -0.05) is 27.5 Å². The van der Waals surface area contributed by atoms with E-state index < -0.39 is 0 Å². The molecule has 1 unspecified atom stereocenters.